The predicted octanol–water partition coefficient (Wildman–Crippen LogP) is 6.04. The number of methoxy groups -OCH3 is 1. The minimum atomic E-state index is -2.20. The summed E-state index contributed by atoms with van der Waals surface area (Å²) >= 11 is 0. The molecule has 0 aliphatic heterocycles. The Balaban J connectivity index is 2.11. The molecule has 1 aromatic heterocycles. The molecule has 6 heteroatoms. The molecular formula is C25H29NO4Si. The van der Waals surface area contributed by atoms with E-state index in [0.29, 0.717) is 34.5 Å². The fourth-order valence-corrected chi connectivity index (χ4v) is 4.16. The molecule has 0 fully saturated rings. The van der Waals surface area contributed by atoms with Crippen LogP contribution in [0.3, 0.4) is 0 Å². The van der Waals surface area contributed by atoms with Crippen molar-refractivity contribution < 1.29 is 13.6 Å². The summed E-state index contributed by atoms with van der Waals surface area (Å²) in [5, 5.41) is 10.7. The molecule has 0 aliphatic carbocycles. The van der Waals surface area contributed by atoms with Crippen LogP contribution in [0.1, 0.15) is 38.0 Å². The van der Waals surface area contributed by atoms with Crippen molar-refractivity contribution in [2.45, 2.75) is 51.2 Å². The van der Waals surface area contributed by atoms with Gasteiger partial charge in [-0.15, -0.1) is 0 Å². The van der Waals surface area contributed by atoms with Gasteiger partial charge in [0.1, 0.15) is 28.6 Å². The Hall–Kier alpha value is -3.04. The molecule has 0 spiro atoms. The summed E-state index contributed by atoms with van der Waals surface area (Å²) in [6, 6.07) is 17.2. The second-order valence-corrected chi connectivity index (χ2v) is 14.0. The van der Waals surface area contributed by atoms with E-state index in [1.54, 1.807) is 25.3 Å². The quantitative estimate of drug-likeness (QED) is 0.442. The summed E-state index contributed by atoms with van der Waals surface area (Å²) in [6.45, 7) is 10.7. The Morgan fingerprint density at radius 3 is 2.39 bits per heavy atom. The van der Waals surface area contributed by atoms with Gasteiger partial charge in [-0.3, -0.25) is 0 Å². The zero-order valence-electron chi connectivity index (χ0n) is 19.0. The third-order valence-corrected chi connectivity index (χ3v) is 10.4. The van der Waals surface area contributed by atoms with Gasteiger partial charge in [-0.25, -0.2) is 4.79 Å². The van der Waals surface area contributed by atoms with E-state index in [1.165, 1.54) is 0 Å². The molecule has 3 rings (SSSR count). The maximum absolute atomic E-state index is 13.0. The third-order valence-electron chi connectivity index (χ3n) is 6.01. The van der Waals surface area contributed by atoms with Crippen LogP contribution >= 0.6 is 0 Å². The molecule has 0 saturated carbocycles. The largest absolute Gasteiger partial charge is 0.543 e. The average molecular weight is 436 g/mol. The topological polar surface area (TPSA) is 72.5 Å². The average Bonchev–Trinajstić information content (AvgIpc) is 2.71. The smallest absolute Gasteiger partial charge is 0.347 e. The van der Waals surface area contributed by atoms with E-state index in [0.717, 1.165) is 5.56 Å². The number of hydrogen-bond acceptors (Lipinski definition) is 5. The fourth-order valence-electron chi connectivity index (χ4n) is 3.14. The molecule has 1 atom stereocenters. The Bertz CT molecular complexity index is 1170. The zero-order valence-corrected chi connectivity index (χ0v) is 20.0. The van der Waals surface area contributed by atoms with Gasteiger partial charge in [0.15, 0.2) is 0 Å². The number of rotatable bonds is 6. The highest BCUT2D eigenvalue weighted by molar-refractivity contribution is 6.74. The van der Waals surface area contributed by atoms with Gasteiger partial charge in [0.05, 0.1) is 13.2 Å². The van der Waals surface area contributed by atoms with Crippen molar-refractivity contribution >= 4 is 19.1 Å². The number of ether oxygens (including phenoxy) is 1. The fraction of sp³-hybridized carbons (Fsp3) is 0.360. The second kappa shape index (κ2) is 8.60. The van der Waals surface area contributed by atoms with E-state index in [2.05, 4.69) is 39.9 Å². The van der Waals surface area contributed by atoms with E-state index >= 15 is 0 Å². The molecule has 0 radical (unpaired) electrons. The van der Waals surface area contributed by atoms with Gasteiger partial charge in [-0.05, 0) is 47.6 Å². The molecule has 0 N–H and O–H groups in total. The molecule has 0 saturated heterocycles. The lowest BCUT2D eigenvalue weighted by Crippen LogP contribution is -2.44. The number of nitrogens with zero attached hydrogens (tertiary/aromatic N) is 1. The van der Waals surface area contributed by atoms with Crippen molar-refractivity contribution in [3.05, 3.63) is 70.3 Å². The van der Waals surface area contributed by atoms with Crippen LogP contribution in [0.4, 0.5) is 0 Å². The van der Waals surface area contributed by atoms with Gasteiger partial charge in [0.2, 0.25) is 0 Å². The van der Waals surface area contributed by atoms with Crippen molar-refractivity contribution in [1.82, 2.24) is 0 Å². The summed E-state index contributed by atoms with van der Waals surface area (Å²) < 4.78 is 17.6. The monoisotopic (exact) mass is 435 g/mol. The maximum Gasteiger partial charge on any atom is 0.347 e. The van der Waals surface area contributed by atoms with Gasteiger partial charge >= 0.3 is 5.63 Å². The molecule has 2 aromatic carbocycles. The predicted molar refractivity (Wildman–Crippen MR) is 125 cm³/mol. The molecule has 0 aliphatic rings. The summed E-state index contributed by atoms with van der Waals surface area (Å²) in [5.41, 5.74) is 0.501. The van der Waals surface area contributed by atoms with Crippen LogP contribution in [0.5, 0.6) is 11.5 Å². The Morgan fingerprint density at radius 1 is 1.13 bits per heavy atom. The molecule has 1 unspecified atom stereocenters. The molecular weight excluding hydrogens is 406 g/mol. The molecule has 0 bridgehead atoms. The number of nitriles is 1. The molecule has 31 heavy (non-hydrogen) atoms. The first-order valence-electron chi connectivity index (χ1n) is 10.3. The SMILES string of the molecule is COc1cc(O[Si](C)(C)C(C)(C)C)c2c(=O)oc(C(C#N)Cc3ccccc3)cc2c1. The Labute approximate surface area is 184 Å². The van der Waals surface area contributed by atoms with E-state index in [4.69, 9.17) is 13.6 Å². The van der Waals surface area contributed by atoms with Gasteiger partial charge in [-0.2, -0.15) is 5.26 Å². The lowest BCUT2D eigenvalue weighted by Gasteiger charge is -2.36. The van der Waals surface area contributed by atoms with Crippen molar-refractivity contribution in [3.63, 3.8) is 0 Å². The highest BCUT2D eigenvalue weighted by atomic mass is 28.4. The first-order chi connectivity index (χ1) is 14.6. The van der Waals surface area contributed by atoms with Gasteiger partial charge in [0, 0.05) is 6.07 Å². The molecule has 1 heterocycles. The van der Waals surface area contributed by atoms with Crippen LogP contribution in [0, 0.1) is 11.3 Å². The maximum atomic E-state index is 13.0. The number of hydrogen-bond donors (Lipinski definition) is 0. The minimum absolute atomic E-state index is 0.0376. The third kappa shape index (κ3) is 4.83. The van der Waals surface area contributed by atoms with Crippen molar-refractivity contribution in [2.24, 2.45) is 0 Å². The van der Waals surface area contributed by atoms with E-state index < -0.39 is 19.9 Å². The summed E-state index contributed by atoms with van der Waals surface area (Å²) in [7, 11) is -0.623. The van der Waals surface area contributed by atoms with Gasteiger partial charge < -0.3 is 13.6 Å². The lowest BCUT2D eigenvalue weighted by molar-refractivity contribution is 0.411. The summed E-state index contributed by atoms with van der Waals surface area (Å²) in [4.78, 5) is 13.0. The summed E-state index contributed by atoms with van der Waals surface area (Å²) in [5.74, 6) is 0.831. The van der Waals surface area contributed by atoms with Crippen molar-refractivity contribution in [3.8, 4) is 17.6 Å². The molecule has 3 aromatic rings. The van der Waals surface area contributed by atoms with Gasteiger partial charge in [0.25, 0.3) is 8.32 Å². The van der Waals surface area contributed by atoms with Crippen molar-refractivity contribution in [2.75, 3.05) is 7.11 Å². The molecule has 162 valence electrons. The van der Waals surface area contributed by atoms with Crippen LogP contribution in [-0.4, -0.2) is 15.4 Å². The minimum Gasteiger partial charge on any atom is -0.543 e. The summed E-state index contributed by atoms with van der Waals surface area (Å²) in [6.07, 6.45) is 0.461. The van der Waals surface area contributed by atoms with Crippen LogP contribution in [-0.2, 0) is 6.42 Å². The first kappa shape index (κ1) is 22.6. The highest BCUT2D eigenvalue weighted by Crippen LogP contribution is 2.40. The Kier molecular flexibility index (Phi) is 6.28. The van der Waals surface area contributed by atoms with E-state index in [-0.39, 0.29) is 5.04 Å². The van der Waals surface area contributed by atoms with Crippen molar-refractivity contribution in [1.29, 1.82) is 5.26 Å². The molecule has 5 nitrogen and oxygen atoms in total. The number of benzene rings is 2. The Morgan fingerprint density at radius 2 is 1.81 bits per heavy atom. The van der Waals surface area contributed by atoms with E-state index in [1.807, 2.05) is 30.3 Å². The highest BCUT2D eigenvalue weighted by Gasteiger charge is 2.39. The van der Waals surface area contributed by atoms with E-state index in [9.17, 15) is 10.1 Å². The number of fused-ring (bicyclic) bond motifs is 1. The first-order valence-corrected chi connectivity index (χ1v) is 13.2. The van der Waals surface area contributed by atoms with Crippen LogP contribution in [0.15, 0.2) is 57.7 Å². The standard InChI is InChI=1S/C25H29NO4Si/c1-25(2,3)31(5,6)30-22-15-20(28-4)13-18-14-21(29-24(27)23(18)22)19(16-26)12-17-10-8-7-9-11-17/h7-11,13-15,19H,12H2,1-6H3. The normalized spacial score (nSPS) is 12.9. The van der Waals surface area contributed by atoms with Crippen LogP contribution in [0.25, 0.3) is 10.8 Å². The lowest BCUT2D eigenvalue weighted by atomic mass is 9.97. The van der Waals surface area contributed by atoms with Crippen LogP contribution < -0.4 is 14.8 Å². The second-order valence-electron chi connectivity index (χ2n) is 9.26. The van der Waals surface area contributed by atoms with Crippen LogP contribution in [0.2, 0.25) is 18.1 Å². The zero-order chi connectivity index (χ0) is 22.8. The molecule has 0 amide bonds. The van der Waals surface area contributed by atoms with Gasteiger partial charge in [-0.1, -0.05) is 51.1 Å².